The van der Waals surface area contributed by atoms with Crippen LogP contribution in [0.3, 0.4) is 0 Å². The second-order valence-electron chi connectivity index (χ2n) is 17.2. The van der Waals surface area contributed by atoms with Crippen LogP contribution in [-0.2, 0) is 66.7 Å². The minimum absolute atomic E-state index is 0.00201. The second kappa shape index (κ2) is 45.5. The van der Waals surface area contributed by atoms with Gasteiger partial charge in [0.1, 0.15) is 0 Å². The average Bonchev–Trinajstić information content (AvgIpc) is 3.29. The molecule has 0 amide bonds. The fraction of sp³-hybridized carbons (Fsp3) is 0.863. The van der Waals surface area contributed by atoms with E-state index < -0.39 is 42.3 Å². The van der Waals surface area contributed by atoms with Crippen molar-refractivity contribution in [1.82, 2.24) is 0 Å². The Morgan fingerprint density at radius 3 is 0.924 bits per heavy atom. The highest BCUT2D eigenvalue weighted by molar-refractivity contribution is 9.09. The molecule has 0 aromatic rings. The molecule has 0 saturated carbocycles. The Morgan fingerprint density at radius 2 is 0.591 bits per heavy atom. The SMILES string of the molecule is CCCCCCCC(=O)OCCCCCOC(=O)CC(CC(=O)OCCCCCOC(=O)CCCCCCC)(OC(=O)CCCCCBr)C(=O)OCCCCCOC(=O)CCCCCCC. The number of unbranched alkanes of at least 4 members (excludes halogenated alkanes) is 20. The minimum atomic E-state index is -2.33. The number of hydrogen-bond acceptors (Lipinski definition) is 14. The van der Waals surface area contributed by atoms with Crippen LogP contribution in [0.15, 0.2) is 0 Å². The fourth-order valence-corrected chi connectivity index (χ4v) is 7.30. The number of ether oxygens (including phenoxy) is 7. The number of halogens is 1. The van der Waals surface area contributed by atoms with Crippen molar-refractivity contribution in [3.05, 3.63) is 0 Å². The quantitative estimate of drug-likeness (QED) is 0.0243. The topological polar surface area (TPSA) is 184 Å². The molecule has 0 aromatic heterocycles. The predicted octanol–water partition coefficient (Wildman–Crippen LogP) is 11.9. The first-order chi connectivity index (χ1) is 32.0. The van der Waals surface area contributed by atoms with Crippen LogP contribution in [0.2, 0.25) is 0 Å². The van der Waals surface area contributed by atoms with Crippen molar-refractivity contribution in [3.8, 4) is 0 Å². The van der Waals surface area contributed by atoms with E-state index in [1.807, 2.05) is 0 Å². The molecule has 0 atom stereocenters. The first kappa shape index (κ1) is 62.8. The molecule has 15 heteroatoms. The number of esters is 7. The van der Waals surface area contributed by atoms with Gasteiger partial charge in [-0.05, 0) is 89.9 Å². The van der Waals surface area contributed by atoms with Gasteiger partial charge < -0.3 is 33.2 Å². The number of carbonyl (C=O) groups is 7. The third kappa shape index (κ3) is 38.8. The van der Waals surface area contributed by atoms with Gasteiger partial charge in [0.15, 0.2) is 0 Å². The van der Waals surface area contributed by atoms with Gasteiger partial charge in [0, 0.05) is 31.0 Å². The van der Waals surface area contributed by atoms with Crippen molar-refractivity contribution >= 4 is 57.7 Å². The summed E-state index contributed by atoms with van der Waals surface area (Å²) in [7, 11) is 0. The summed E-state index contributed by atoms with van der Waals surface area (Å²) in [4.78, 5) is 90.1. The lowest BCUT2D eigenvalue weighted by Gasteiger charge is -2.30. The lowest BCUT2D eigenvalue weighted by atomic mass is 9.94. The average molecular weight is 1010 g/mol. The van der Waals surface area contributed by atoms with Gasteiger partial charge in [-0.1, -0.05) is 120 Å². The third-order valence-corrected chi connectivity index (χ3v) is 11.5. The van der Waals surface area contributed by atoms with Crippen molar-refractivity contribution in [1.29, 1.82) is 0 Å². The summed E-state index contributed by atoms with van der Waals surface area (Å²) in [5, 5.41) is 0.756. The Labute approximate surface area is 406 Å². The first-order valence-electron chi connectivity index (χ1n) is 25.8. The molecule has 0 bridgehead atoms. The Bertz CT molecular complexity index is 1220. The van der Waals surface area contributed by atoms with E-state index in [2.05, 4.69) is 36.7 Å². The van der Waals surface area contributed by atoms with Gasteiger partial charge in [-0.25, -0.2) is 4.79 Å². The molecule has 0 spiro atoms. The lowest BCUT2D eigenvalue weighted by molar-refractivity contribution is -0.191. The van der Waals surface area contributed by atoms with E-state index in [1.165, 1.54) is 0 Å². The van der Waals surface area contributed by atoms with Crippen LogP contribution in [0.4, 0.5) is 0 Å². The molecular weight excluding hydrogens is 916 g/mol. The first-order valence-corrected chi connectivity index (χ1v) is 26.9. The van der Waals surface area contributed by atoms with E-state index in [0.717, 1.165) is 108 Å². The number of alkyl halides is 1. The zero-order chi connectivity index (χ0) is 48.8. The van der Waals surface area contributed by atoms with Crippen LogP contribution in [-0.4, -0.2) is 92.4 Å². The molecule has 0 saturated heterocycles. The van der Waals surface area contributed by atoms with Crippen LogP contribution in [0.1, 0.15) is 233 Å². The van der Waals surface area contributed by atoms with Crippen LogP contribution in [0.25, 0.3) is 0 Å². The molecule has 0 unspecified atom stereocenters. The summed E-state index contributed by atoms with van der Waals surface area (Å²) in [5.41, 5.74) is -2.33. The van der Waals surface area contributed by atoms with Gasteiger partial charge in [0.2, 0.25) is 5.60 Å². The van der Waals surface area contributed by atoms with E-state index in [-0.39, 0.29) is 64.0 Å². The summed E-state index contributed by atoms with van der Waals surface area (Å²) in [6, 6.07) is 0. The maximum absolute atomic E-state index is 13.9. The van der Waals surface area contributed by atoms with Gasteiger partial charge in [-0.15, -0.1) is 0 Å². The van der Waals surface area contributed by atoms with Crippen molar-refractivity contribution < 1.29 is 66.7 Å². The third-order valence-electron chi connectivity index (χ3n) is 10.9. The molecule has 0 radical (unpaired) electrons. The van der Waals surface area contributed by atoms with Crippen molar-refractivity contribution in [2.75, 3.05) is 45.0 Å². The monoisotopic (exact) mass is 1000 g/mol. The summed E-state index contributed by atoms with van der Waals surface area (Å²) >= 11 is 3.38. The van der Waals surface area contributed by atoms with Gasteiger partial charge in [0.25, 0.3) is 0 Å². The molecule has 0 aliphatic heterocycles. The lowest BCUT2D eigenvalue weighted by Crippen LogP contribution is -2.48. The van der Waals surface area contributed by atoms with Crippen LogP contribution < -0.4 is 0 Å². The molecule has 0 aliphatic carbocycles. The fourth-order valence-electron chi connectivity index (χ4n) is 6.90. The van der Waals surface area contributed by atoms with Crippen molar-refractivity contribution in [3.63, 3.8) is 0 Å². The highest BCUT2D eigenvalue weighted by Gasteiger charge is 2.49. The summed E-state index contributed by atoms with van der Waals surface area (Å²) in [6.07, 6.45) is 22.1. The predicted molar refractivity (Wildman–Crippen MR) is 258 cm³/mol. The van der Waals surface area contributed by atoms with E-state index in [0.29, 0.717) is 89.9 Å². The zero-order valence-corrected chi connectivity index (χ0v) is 43.0. The largest absolute Gasteiger partial charge is 0.466 e. The van der Waals surface area contributed by atoms with E-state index in [9.17, 15) is 33.6 Å². The Morgan fingerprint density at radius 1 is 0.318 bits per heavy atom. The highest BCUT2D eigenvalue weighted by Crippen LogP contribution is 2.27. The zero-order valence-electron chi connectivity index (χ0n) is 41.4. The Hall–Kier alpha value is -3.23. The van der Waals surface area contributed by atoms with Crippen LogP contribution >= 0.6 is 15.9 Å². The normalized spacial score (nSPS) is 11.2. The number of carbonyl (C=O) groups excluding carboxylic acids is 7. The second-order valence-corrected chi connectivity index (χ2v) is 18.0. The van der Waals surface area contributed by atoms with E-state index in [4.69, 9.17) is 33.2 Å². The van der Waals surface area contributed by atoms with Crippen LogP contribution in [0.5, 0.6) is 0 Å². The molecule has 0 aliphatic rings. The van der Waals surface area contributed by atoms with Gasteiger partial charge in [-0.3, -0.25) is 28.8 Å². The minimum Gasteiger partial charge on any atom is -0.466 e. The standard InChI is InChI=1S/C51H89BrO14/c1-4-7-10-13-20-31-44(53)60-36-25-17-28-39-63-48(57)42-51(66-47(56)34-23-16-24-35-52,50(59)65-41-30-19-27-38-62-46(55)33-22-15-12-9-6-3)43-49(58)64-40-29-18-26-37-61-45(54)32-21-14-11-8-5-2/h4-43H2,1-3H3. The molecule has 0 N–H and O–H groups in total. The van der Waals surface area contributed by atoms with Gasteiger partial charge >= 0.3 is 41.8 Å². The number of hydrogen-bond donors (Lipinski definition) is 0. The molecule has 0 fully saturated rings. The molecular formula is C51H89BrO14. The molecule has 0 rings (SSSR count). The summed E-state index contributed by atoms with van der Waals surface area (Å²) in [6.45, 7) is 7.10. The summed E-state index contributed by atoms with van der Waals surface area (Å²) in [5.74, 6) is -4.21. The van der Waals surface area contributed by atoms with Crippen molar-refractivity contribution in [2.24, 2.45) is 0 Å². The van der Waals surface area contributed by atoms with Gasteiger partial charge in [-0.2, -0.15) is 0 Å². The maximum atomic E-state index is 13.9. The maximum Gasteiger partial charge on any atom is 0.351 e. The van der Waals surface area contributed by atoms with Gasteiger partial charge in [0.05, 0.1) is 52.5 Å². The smallest absolute Gasteiger partial charge is 0.351 e. The molecule has 0 heterocycles. The molecule has 384 valence electrons. The molecule has 66 heavy (non-hydrogen) atoms. The summed E-state index contributed by atoms with van der Waals surface area (Å²) < 4.78 is 38.3. The van der Waals surface area contributed by atoms with Crippen LogP contribution in [0, 0.1) is 0 Å². The molecule has 0 aromatic carbocycles. The number of rotatable bonds is 47. The highest BCUT2D eigenvalue weighted by atomic mass is 79.9. The molecule has 14 nitrogen and oxygen atoms in total. The Kier molecular flexibility index (Phi) is 43.3. The Balaban J connectivity index is 5.46. The van der Waals surface area contributed by atoms with E-state index in [1.54, 1.807) is 0 Å². The van der Waals surface area contributed by atoms with Crippen molar-refractivity contribution in [2.45, 2.75) is 238 Å². The van der Waals surface area contributed by atoms with E-state index >= 15 is 0 Å².